The first kappa shape index (κ1) is 49.1. The van der Waals surface area contributed by atoms with E-state index < -0.39 is 48.0 Å². The van der Waals surface area contributed by atoms with Crippen LogP contribution in [-0.2, 0) is 41.9 Å². The normalized spacial score (nSPS) is 19.2. The second-order valence-electron chi connectivity index (χ2n) is 16.3. The third-order valence-corrected chi connectivity index (χ3v) is 13.6. The van der Waals surface area contributed by atoms with E-state index in [2.05, 4.69) is 10.6 Å². The average Bonchev–Trinajstić information content (AvgIpc) is 3.89. The second-order valence-corrected chi connectivity index (χ2v) is 18.8. The number of carbonyl (C=O) groups excluding carboxylic acids is 4. The number of aliphatic hydroxyl groups excluding tert-OH is 2. The molecule has 0 aliphatic carbocycles. The van der Waals surface area contributed by atoms with Gasteiger partial charge in [0, 0.05) is 73.1 Å². The smallest absolute Gasteiger partial charge is 0.327 e. The molecule has 0 bridgehead atoms. The molecule has 2 aliphatic rings. The Labute approximate surface area is 390 Å². The van der Waals surface area contributed by atoms with E-state index in [4.69, 9.17) is 0 Å². The lowest BCUT2D eigenvalue weighted by Gasteiger charge is -2.24. The van der Waals surface area contributed by atoms with E-state index in [0.717, 1.165) is 55.2 Å². The summed E-state index contributed by atoms with van der Waals surface area (Å²) in [6.45, 7) is 3.63. The van der Waals surface area contributed by atoms with Crippen molar-refractivity contribution in [1.82, 2.24) is 10.6 Å². The number of Topliss-reactive ketones (excluding diaryl/α,β-unsaturated/α-hetero) is 2. The third-order valence-electron chi connectivity index (χ3n) is 11.2. The molecule has 2 saturated heterocycles. The molecule has 0 saturated carbocycles. The summed E-state index contributed by atoms with van der Waals surface area (Å²) >= 11 is 0. The number of carbonyl (C=O) groups is 6. The highest BCUT2D eigenvalue weighted by molar-refractivity contribution is 8.76. The molecule has 0 spiro atoms. The SMILES string of the molecule is CC(=O)C1CC(O)CN1c1ccc(/C=C/c2cc[n+](CC(=O)NC(CSSCC(NC(=O)C[n+]3ccc(/C=C/c4ccc(N5CC(O)CC5C(C)=O)cc4)cc3)C(=O)O)C(=O)O)cc2)cc1. The Morgan fingerprint density at radius 2 is 0.894 bits per heavy atom. The molecule has 2 fully saturated rings. The molecule has 16 nitrogen and oxygen atoms in total. The summed E-state index contributed by atoms with van der Waals surface area (Å²) in [5.74, 6) is -3.59. The van der Waals surface area contributed by atoms with Crippen molar-refractivity contribution < 1.29 is 58.3 Å². The van der Waals surface area contributed by atoms with Gasteiger partial charge in [0.25, 0.3) is 11.8 Å². The number of pyridine rings is 2. The topological polar surface area (TPSA) is 222 Å². The molecule has 4 aromatic rings. The Morgan fingerprint density at radius 3 is 1.20 bits per heavy atom. The number of carboxylic acids is 2. The number of benzene rings is 2. The fourth-order valence-electron chi connectivity index (χ4n) is 7.67. The van der Waals surface area contributed by atoms with Gasteiger partial charge in [-0.3, -0.25) is 19.2 Å². The van der Waals surface area contributed by atoms with Gasteiger partial charge in [0.1, 0.15) is 12.1 Å². The van der Waals surface area contributed by atoms with Crippen molar-refractivity contribution in [2.24, 2.45) is 0 Å². The summed E-state index contributed by atoms with van der Waals surface area (Å²) in [4.78, 5) is 77.5. The lowest BCUT2D eigenvalue weighted by atomic mass is 10.1. The van der Waals surface area contributed by atoms with Crippen LogP contribution in [0.25, 0.3) is 24.3 Å². The zero-order valence-corrected chi connectivity index (χ0v) is 38.1. The largest absolute Gasteiger partial charge is 0.480 e. The fourth-order valence-corrected chi connectivity index (χ4v) is 9.98. The lowest BCUT2D eigenvalue weighted by Crippen LogP contribution is -2.49. The van der Waals surface area contributed by atoms with E-state index in [1.165, 1.54) is 13.8 Å². The molecule has 6 unspecified atom stereocenters. The van der Waals surface area contributed by atoms with Gasteiger partial charge in [0.05, 0.1) is 24.3 Å². The summed E-state index contributed by atoms with van der Waals surface area (Å²) in [7, 11) is 2.14. The van der Waals surface area contributed by atoms with Crippen LogP contribution in [0.15, 0.2) is 97.6 Å². The summed E-state index contributed by atoms with van der Waals surface area (Å²) < 4.78 is 3.22. The molecule has 4 heterocycles. The Bertz CT molecular complexity index is 2250. The summed E-state index contributed by atoms with van der Waals surface area (Å²) in [5, 5.41) is 44.7. The maximum absolute atomic E-state index is 12.8. The number of nitrogens with zero attached hydrogens (tertiary/aromatic N) is 4. The third kappa shape index (κ3) is 14.1. The fraction of sp³-hybridized carbons (Fsp3) is 0.333. The highest BCUT2D eigenvalue weighted by Gasteiger charge is 2.35. The van der Waals surface area contributed by atoms with Crippen LogP contribution < -0.4 is 29.6 Å². The van der Waals surface area contributed by atoms with Crippen molar-refractivity contribution in [3.05, 3.63) is 120 Å². The average molecular weight is 939 g/mol. The van der Waals surface area contributed by atoms with E-state index in [1.54, 1.807) is 33.9 Å². The van der Waals surface area contributed by atoms with Gasteiger partial charge in [-0.2, -0.15) is 9.13 Å². The lowest BCUT2D eigenvalue weighted by molar-refractivity contribution is -0.684. The predicted molar refractivity (Wildman–Crippen MR) is 253 cm³/mol. The molecule has 6 atom stereocenters. The molecule has 18 heteroatoms. The monoisotopic (exact) mass is 938 g/mol. The Balaban J connectivity index is 0.898. The minimum atomic E-state index is -1.24. The van der Waals surface area contributed by atoms with Crippen LogP contribution in [0.2, 0.25) is 0 Å². The molecule has 2 aromatic carbocycles. The molecule has 6 rings (SSSR count). The Morgan fingerprint density at radius 1 is 0.576 bits per heavy atom. The number of amides is 2. The van der Waals surface area contributed by atoms with Gasteiger partial charge in [0.2, 0.25) is 13.1 Å². The minimum absolute atomic E-state index is 0.0210. The molecule has 2 aliphatic heterocycles. The van der Waals surface area contributed by atoms with Crippen molar-refractivity contribution in [3.8, 4) is 0 Å². The number of nitrogens with one attached hydrogen (secondary N) is 2. The molecule has 346 valence electrons. The van der Waals surface area contributed by atoms with Gasteiger partial charge >= 0.3 is 11.9 Å². The first-order valence-corrected chi connectivity index (χ1v) is 23.8. The zero-order chi connectivity index (χ0) is 47.3. The molecule has 66 heavy (non-hydrogen) atoms. The number of anilines is 2. The number of aliphatic hydroxyl groups is 2. The molecular weight excluding hydrogens is 885 g/mol. The van der Waals surface area contributed by atoms with E-state index in [-0.39, 0.29) is 48.2 Å². The second kappa shape index (κ2) is 23.2. The Kier molecular flexibility index (Phi) is 17.3. The molecule has 2 amide bonds. The van der Waals surface area contributed by atoms with Crippen molar-refractivity contribution in [2.45, 2.75) is 76.2 Å². The molecular formula is C48H54N6O10S2+2. The van der Waals surface area contributed by atoms with Crippen LogP contribution in [0.1, 0.15) is 48.9 Å². The first-order chi connectivity index (χ1) is 31.6. The number of β-amino-alcohol motifs (C(OH)–C–C–N with tert-alkyl or cyclic N) is 2. The first-order valence-electron chi connectivity index (χ1n) is 21.4. The van der Waals surface area contributed by atoms with Crippen LogP contribution in [0.4, 0.5) is 11.4 Å². The van der Waals surface area contributed by atoms with E-state index in [0.29, 0.717) is 25.9 Å². The van der Waals surface area contributed by atoms with Gasteiger partial charge in [-0.15, -0.1) is 0 Å². The molecule has 0 radical (unpaired) electrons. The standard InChI is InChI=1S/C48H52N6O10S2/c1-31(55)43-23-39(57)25-53(43)37-11-7-33(8-12-37)3-5-35-15-19-51(20-16-35)27-45(59)49-41(47(61)62)29-65-66-30-42(48(63)64)50-46(60)28-52-21-17-36(18-22-52)6-4-34-9-13-38(14-10-34)54-26-40(58)24-44(54)32(2)56/h3-22,39-44,57-58H,23-30H2,1-2H3,(H2-2,49,50,59,60,61,62,63,64)/p+2. The van der Waals surface area contributed by atoms with Gasteiger partial charge in [0.15, 0.2) is 36.4 Å². The number of hydrogen-bond donors (Lipinski definition) is 6. The number of rotatable bonds is 21. The van der Waals surface area contributed by atoms with Crippen LogP contribution in [0, 0.1) is 0 Å². The van der Waals surface area contributed by atoms with Crippen LogP contribution in [-0.4, -0.2) is 117 Å². The van der Waals surface area contributed by atoms with Crippen molar-refractivity contribution in [3.63, 3.8) is 0 Å². The van der Waals surface area contributed by atoms with Gasteiger partial charge in [-0.25, -0.2) is 9.59 Å². The molecule has 6 N–H and O–H groups in total. The highest BCUT2D eigenvalue weighted by Crippen LogP contribution is 2.29. The number of hydrogen-bond acceptors (Lipinski definition) is 12. The van der Waals surface area contributed by atoms with Crippen molar-refractivity contribution >= 4 is 92.6 Å². The summed E-state index contributed by atoms with van der Waals surface area (Å²) in [6, 6.07) is 19.5. The highest BCUT2D eigenvalue weighted by atomic mass is 33.1. The van der Waals surface area contributed by atoms with Crippen LogP contribution in [0.5, 0.6) is 0 Å². The van der Waals surface area contributed by atoms with Crippen LogP contribution >= 0.6 is 21.6 Å². The maximum atomic E-state index is 12.8. The van der Waals surface area contributed by atoms with Gasteiger partial charge < -0.3 is 40.9 Å². The predicted octanol–water partition coefficient (Wildman–Crippen LogP) is 2.88. The van der Waals surface area contributed by atoms with Crippen molar-refractivity contribution in [1.29, 1.82) is 0 Å². The van der Waals surface area contributed by atoms with Gasteiger partial charge in [-0.1, -0.05) is 70.2 Å². The Hall–Kier alpha value is -6.34. The van der Waals surface area contributed by atoms with Gasteiger partial charge in [-0.05, 0) is 60.4 Å². The number of ketones is 2. The van der Waals surface area contributed by atoms with E-state index in [9.17, 15) is 49.2 Å². The summed E-state index contributed by atoms with van der Waals surface area (Å²) in [5.41, 5.74) is 5.34. The number of aliphatic carboxylic acids is 2. The number of aromatic nitrogens is 2. The maximum Gasteiger partial charge on any atom is 0.327 e. The minimum Gasteiger partial charge on any atom is -0.480 e. The quantitative estimate of drug-likeness (QED) is 0.0402. The van der Waals surface area contributed by atoms with E-state index >= 15 is 0 Å². The van der Waals surface area contributed by atoms with E-state index in [1.807, 2.05) is 107 Å². The molecule has 2 aromatic heterocycles. The zero-order valence-electron chi connectivity index (χ0n) is 36.5. The number of carboxylic acid groups (broad SMARTS) is 2. The van der Waals surface area contributed by atoms with Crippen LogP contribution in [0.3, 0.4) is 0 Å². The summed E-state index contributed by atoms with van der Waals surface area (Å²) in [6.07, 6.45) is 14.2. The van der Waals surface area contributed by atoms with Crippen molar-refractivity contribution in [2.75, 3.05) is 34.4 Å².